The van der Waals surface area contributed by atoms with Crippen LogP contribution in [0.2, 0.25) is 0 Å². The molecular weight excluding hydrogens is 410 g/mol. The Kier molecular flexibility index (Phi) is 12.1. The minimum atomic E-state index is -1.11. The third-order valence-corrected chi connectivity index (χ3v) is 4.60. The molecule has 10 heteroatoms. The predicted octanol–water partition coefficient (Wildman–Crippen LogP) is 1.63. The van der Waals surface area contributed by atoms with Crippen LogP contribution in [-0.4, -0.2) is 67.7 Å². The molecule has 1 fully saturated rings. The molecule has 0 aromatic rings. The van der Waals surface area contributed by atoms with Crippen LogP contribution in [0.5, 0.6) is 0 Å². The Morgan fingerprint density at radius 2 is 1.45 bits per heavy atom. The highest BCUT2D eigenvalue weighted by Gasteiger charge is 2.51. The van der Waals surface area contributed by atoms with E-state index in [0.717, 1.165) is 32.1 Å². The van der Waals surface area contributed by atoms with Crippen LogP contribution in [0.1, 0.15) is 66.7 Å². The number of hydrogen-bond donors (Lipinski definition) is 1. The highest BCUT2D eigenvalue weighted by molar-refractivity contribution is 5.73. The maximum atomic E-state index is 11.8. The largest absolute Gasteiger partial charge is 0.463 e. The molecule has 10 nitrogen and oxygen atoms in total. The van der Waals surface area contributed by atoms with Crippen LogP contribution in [0.25, 0.3) is 0 Å². The van der Waals surface area contributed by atoms with Crippen molar-refractivity contribution in [1.29, 1.82) is 0 Å². The van der Waals surface area contributed by atoms with Crippen molar-refractivity contribution in [2.24, 2.45) is 0 Å². The normalized spacial score (nSPS) is 25.4. The van der Waals surface area contributed by atoms with Crippen molar-refractivity contribution in [1.82, 2.24) is 5.32 Å². The molecule has 1 amide bonds. The Bertz CT molecular complexity index is 610. The molecule has 1 aliphatic rings. The average Bonchev–Trinajstić information content (AvgIpc) is 2.66. The highest BCUT2D eigenvalue weighted by Crippen LogP contribution is 2.28. The molecule has 0 aromatic heterocycles. The summed E-state index contributed by atoms with van der Waals surface area (Å²) in [5.74, 6) is -2.23. The van der Waals surface area contributed by atoms with E-state index in [9.17, 15) is 19.2 Å². The standard InChI is InChI=1S/C21H35NO9/c1-6-7-8-9-10-11-27-21-18(22-13(2)23)20(30-16(5)26)19(29-15(4)25)17(31-21)12-28-14(3)24/h17-21H,6-12H2,1-5H3,(H,22,23)/t17-,18-,19+,20-,21-/m1/s1. The number of carbonyl (C=O) groups is 4. The second kappa shape index (κ2) is 14.0. The summed E-state index contributed by atoms with van der Waals surface area (Å²) in [5, 5.41) is 2.67. The lowest BCUT2D eigenvalue weighted by atomic mass is 9.96. The van der Waals surface area contributed by atoms with Gasteiger partial charge in [0, 0.05) is 34.3 Å². The first-order chi connectivity index (χ1) is 14.6. The van der Waals surface area contributed by atoms with Crippen molar-refractivity contribution in [3.63, 3.8) is 0 Å². The first-order valence-corrected chi connectivity index (χ1v) is 10.7. The van der Waals surface area contributed by atoms with Gasteiger partial charge in [-0.15, -0.1) is 0 Å². The first-order valence-electron chi connectivity index (χ1n) is 10.7. The number of amides is 1. The van der Waals surface area contributed by atoms with Crippen molar-refractivity contribution in [2.75, 3.05) is 13.2 Å². The fourth-order valence-electron chi connectivity index (χ4n) is 3.34. The SMILES string of the molecule is CCCCCCCO[C@@H]1O[C@H](COC(C)=O)[C@H](OC(C)=O)[C@H](OC(C)=O)[C@H]1NC(C)=O. The zero-order chi connectivity index (χ0) is 23.4. The second-order valence-electron chi connectivity index (χ2n) is 7.50. The molecule has 1 heterocycles. The second-order valence-corrected chi connectivity index (χ2v) is 7.50. The van der Waals surface area contributed by atoms with Gasteiger partial charge in [-0.2, -0.15) is 0 Å². The zero-order valence-corrected chi connectivity index (χ0v) is 19.0. The molecule has 5 atom stereocenters. The minimum absolute atomic E-state index is 0.242. The monoisotopic (exact) mass is 445 g/mol. The Morgan fingerprint density at radius 1 is 0.839 bits per heavy atom. The molecule has 1 rings (SSSR count). The predicted molar refractivity (Wildman–Crippen MR) is 109 cm³/mol. The summed E-state index contributed by atoms with van der Waals surface area (Å²) in [7, 11) is 0. The average molecular weight is 446 g/mol. The maximum Gasteiger partial charge on any atom is 0.303 e. The zero-order valence-electron chi connectivity index (χ0n) is 19.0. The summed E-state index contributed by atoms with van der Waals surface area (Å²) in [4.78, 5) is 46.6. The van der Waals surface area contributed by atoms with Crippen molar-refractivity contribution in [3.05, 3.63) is 0 Å². The van der Waals surface area contributed by atoms with Crippen LogP contribution >= 0.6 is 0 Å². The summed E-state index contributed by atoms with van der Waals surface area (Å²) in [6, 6.07) is -0.921. The van der Waals surface area contributed by atoms with Crippen molar-refractivity contribution >= 4 is 23.8 Å². The molecule has 0 spiro atoms. The third-order valence-electron chi connectivity index (χ3n) is 4.60. The van der Waals surface area contributed by atoms with Gasteiger partial charge in [0.05, 0.1) is 0 Å². The van der Waals surface area contributed by atoms with E-state index in [1.54, 1.807) is 0 Å². The smallest absolute Gasteiger partial charge is 0.303 e. The van der Waals surface area contributed by atoms with Gasteiger partial charge in [0.25, 0.3) is 0 Å². The topological polar surface area (TPSA) is 126 Å². The Hall–Kier alpha value is -2.20. The summed E-state index contributed by atoms with van der Waals surface area (Å²) in [5.41, 5.74) is 0. The van der Waals surface area contributed by atoms with E-state index in [1.165, 1.54) is 27.7 Å². The van der Waals surface area contributed by atoms with Crippen molar-refractivity contribution in [2.45, 2.75) is 97.4 Å². The molecule has 0 radical (unpaired) electrons. The molecule has 31 heavy (non-hydrogen) atoms. The van der Waals surface area contributed by atoms with Crippen LogP contribution in [0.4, 0.5) is 0 Å². The molecule has 0 aliphatic carbocycles. The van der Waals surface area contributed by atoms with Crippen LogP contribution < -0.4 is 5.32 Å². The number of rotatable bonds is 12. The highest BCUT2D eigenvalue weighted by atomic mass is 16.7. The van der Waals surface area contributed by atoms with Crippen LogP contribution in [-0.2, 0) is 42.9 Å². The number of unbranched alkanes of at least 4 members (excludes halogenated alkanes) is 4. The van der Waals surface area contributed by atoms with E-state index in [0.29, 0.717) is 6.61 Å². The van der Waals surface area contributed by atoms with E-state index in [4.69, 9.17) is 23.7 Å². The minimum Gasteiger partial charge on any atom is -0.463 e. The van der Waals surface area contributed by atoms with Crippen molar-refractivity contribution in [3.8, 4) is 0 Å². The van der Waals surface area contributed by atoms with Crippen LogP contribution in [0, 0.1) is 0 Å². The lowest BCUT2D eigenvalue weighted by molar-refractivity contribution is -0.277. The quantitative estimate of drug-likeness (QED) is 0.271. The third kappa shape index (κ3) is 10.1. The van der Waals surface area contributed by atoms with Gasteiger partial charge in [0.1, 0.15) is 18.8 Å². The summed E-state index contributed by atoms with van der Waals surface area (Å²) in [6.45, 7) is 7.18. The van der Waals surface area contributed by atoms with E-state index < -0.39 is 54.5 Å². The summed E-state index contributed by atoms with van der Waals surface area (Å²) < 4.78 is 27.6. The van der Waals surface area contributed by atoms with Crippen LogP contribution in [0.3, 0.4) is 0 Å². The number of esters is 3. The summed E-state index contributed by atoms with van der Waals surface area (Å²) >= 11 is 0. The fraction of sp³-hybridized carbons (Fsp3) is 0.810. The number of ether oxygens (including phenoxy) is 5. The maximum absolute atomic E-state index is 11.8. The molecule has 1 aliphatic heterocycles. The molecular formula is C21H35NO9. The Morgan fingerprint density at radius 3 is 2.00 bits per heavy atom. The van der Waals surface area contributed by atoms with Gasteiger partial charge >= 0.3 is 17.9 Å². The van der Waals surface area contributed by atoms with Gasteiger partial charge in [-0.05, 0) is 6.42 Å². The number of hydrogen-bond acceptors (Lipinski definition) is 9. The molecule has 178 valence electrons. The molecule has 0 aromatic carbocycles. The first kappa shape index (κ1) is 26.8. The number of carbonyl (C=O) groups excluding carboxylic acids is 4. The molecule has 1 saturated heterocycles. The van der Waals surface area contributed by atoms with E-state index >= 15 is 0 Å². The van der Waals surface area contributed by atoms with E-state index in [1.807, 2.05) is 0 Å². The number of nitrogens with one attached hydrogen (secondary N) is 1. The Balaban J connectivity index is 3.07. The molecule has 1 N–H and O–H groups in total. The van der Waals surface area contributed by atoms with Gasteiger partial charge in [-0.3, -0.25) is 19.2 Å². The molecule has 0 unspecified atom stereocenters. The van der Waals surface area contributed by atoms with Gasteiger partial charge in [0.2, 0.25) is 5.91 Å². The van der Waals surface area contributed by atoms with Gasteiger partial charge in [0.15, 0.2) is 18.5 Å². The van der Waals surface area contributed by atoms with E-state index in [-0.39, 0.29) is 6.61 Å². The van der Waals surface area contributed by atoms with Gasteiger partial charge in [-0.25, -0.2) is 0 Å². The van der Waals surface area contributed by atoms with Gasteiger partial charge in [-0.1, -0.05) is 32.6 Å². The lowest BCUT2D eigenvalue weighted by Crippen LogP contribution is -2.66. The molecule has 0 saturated carbocycles. The fourth-order valence-corrected chi connectivity index (χ4v) is 3.34. The van der Waals surface area contributed by atoms with E-state index in [2.05, 4.69) is 12.2 Å². The molecule has 0 bridgehead atoms. The van der Waals surface area contributed by atoms with Crippen LogP contribution in [0.15, 0.2) is 0 Å². The van der Waals surface area contributed by atoms with Crippen molar-refractivity contribution < 1.29 is 42.9 Å². The lowest BCUT2D eigenvalue weighted by Gasteiger charge is -2.44. The Labute approximate surface area is 183 Å². The van der Waals surface area contributed by atoms with Gasteiger partial charge < -0.3 is 29.0 Å². The summed E-state index contributed by atoms with van der Waals surface area (Å²) in [6.07, 6.45) is 0.957.